The number of hydrogen-bond acceptors (Lipinski definition) is 7. The van der Waals surface area contributed by atoms with Gasteiger partial charge in [-0.25, -0.2) is 9.78 Å². The zero-order valence-electron chi connectivity index (χ0n) is 18.2. The number of aromatic nitrogens is 1. The summed E-state index contributed by atoms with van der Waals surface area (Å²) in [7, 11) is -1.68. The van der Waals surface area contributed by atoms with Crippen LogP contribution in [0, 0.1) is 11.8 Å². The Morgan fingerprint density at radius 1 is 1.00 bits per heavy atom. The Morgan fingerprint density at radius 3 is 2.43 bits per heavy atom. The Bertz CT molecular complexity index is 1410. The van der Waals surface area contributed by atoms with E-state index in [0.29, 0.717) is 0 Å². The van der Waals surface area contributed by atoms with Crippen molar-refractivity contribution in [1.29, 1.82) is 0 Å². The van der Waals surface area contributed by atoms with Gasteiger partial charge in [-0.3, -0.25) is 4.72 Å². The Kier molecular flexibility index (Phi) is 7.51. The fraction of sp³-hybridized carbons (Fsp3) is 0.130. The maximum absolute atomic E-state index is 12.9. The summed E-state index contributed by atoms with van der Waals surface area (Å²) in [5.74, 6) is 4.24. The number of carbonyl (C=O) groups excluding carboxylic acids is 1. The SMILES string of the molecule is COC(=O)c1ccc(NS(=O)(=O)c2cccc(C#Cc3cccc(OC(F)(F)F)c3)n2)c(OC)c1. The van der Waals surface area contributed by atoms with Crippen molar-refractivity contribution in [3.63, 3.8) is 0 Å². The first-order valence-electron chi connectivity index (χ1n) is 9.65. The molecule has 0 spiro atoms. The van der Waals surface area contributed by atoms with E-state index in [0.717, 1.165) is 12.1 Å². The molecule has 35 heavy (non-hydrogen) atoms. The lowest BCUT2D eigenvalue weighted by Gasteiger charge is -2.12. The molecular formula is C23H17F3N2O6S. The number of benzene rings is 2. The number of sulfonamides is 1. The molecule has 0 amide bonds. The number of ether oxygens (including phenoxy) is 3. The number of hydrogen-bond donors (Lipinski definition) is 1. The second kappa shape index (κ2) is 10.4. The summed E-state index contributed by atoms with van der Waals surface area (Å²) in [6.07, 6.45) is -4.84. The first kappa shape index (κ1) is 25.4. The number of pyridine rings is 1. The van der Waals surface area contributed by atoms with Gasteiger partial charge in [-0.1, -0.05) is 18.1 Å². The van der Waals surface area contributed by atoms with E-state index in [9.17, 15) is 26.4 Å². The Morgan fingerprint density at radius 2 is 1.74 bits per heavy atom. The fourth-order valence-corrected chi connectivity index (χ4v) is 3.80. The van der Waals surface area contributed by atoms with Crippen molar-refractivity contribution in [3.05, 3.63) is 77.5 Å². The third-order valence-corrected chi connectivity index (χ3v) is 5.54. The standard InChI is InChI=1S/C23H17F3N2O6S/c1-32-20-14-16(22(29)33-2)10-12-19(20)28-35(30,31)21-8-4-6-17(27-21)11-9-15-5-3-7-18(13-15)34-23(24,25)26/h3-8,10,12-14,28H,1-2H3. The van der Waals surface area contributed by atoms with Gasteiger partial charge in [0.15, 0.2) is 5.03 Å². The third kappa shape index (κ3) is 6.87. The lowest BCUT2D eigenvalue weighted by Crippen LogP contribution is -2.17. The molecule has 0 aliphatic carbocycles. The summed E-state index contributed by atoms with van der Waals surface area (Å²) in [5.41, 5.74) is 0.478. The van der Waals surface area contributed by atoms with Gasteiger partial charge in [-0.2, -0.15) is 8.42 Å². The van der Waals surface area contributed by atoms with Crippen LogP contribution in [0.4, 0.5) is 18.9 Å². The fourth-order valence-electron chi connectivity index (χ4n) is 2.76. The van der Waals surface area contributed by atoms with Gasteiger partial charge in [0.1, 0.15) is 17.2 Å². The normalized spacial score (nSPS) is 11.1. The van der Waals surface area contributed by atoms with Gasteiger partial charge in [-0.05, 0) is 54.5 Å². The Hall–Kier alpha value is -4.24. The quantitative estimate of drug-likeness (QED) is 0.399. The molecule has 0 atom stereocenters. The zero-order valence-corrected chi connectivity index (χ0v) is 19.0. The van der Waals surface area contributed by atoms with Crippen LogP contribution in [0.25, 0.3) is 0 Å². The number of rotatable bonds is 6. The van der Waals surface area contributed by atoms with Crippen molar-refractivity contribution in [2.45, 2.75) is 11.4 Å². The van der Waals surface area contributed by atoms with E-state index in [-0.39, 0.29) is 33.3 Å². The van der Waals surface area contributed by atoms with Crippen molar-refractivity contribution >= 4 is 21.7 Å². The molecule has 1 aromatic heterocycles. The number of nitrogens with zero attached hydrogens (tertiary/aromatic N) is 1. The van der Waals surface area contributed by atoms with E-state index < -0.39 is 28.1 Å². The highest BCUT2D eigenvalue weighted by Crippen LogP contribution is 2.28. The molecule has 182 valence electrons. The number of nitrogens with one attached hydrogen (secondary N) is 1. The first-order chi connectivity index (χ1) is 16.5. The Labute approximate surface area is 198 Å². The summed E-state index contributed by atoms with van der Waals surface area (Å²) >= 11 is 0. The maximum Gasteiger partial charge on any atom is 0.573 e. The van der Waals surface area contributed by atoms with Gasteiger partial charge in [0, 0.05) is 5.56 Å². The minimum absolute atomic E-state index is 0.0555. The number of esters is 1. The van der Waals surface area contributed by atoms with Crippen LogP contribution >= 0.6 is 0 Å². The smallest absolute Gasteiger partial charge is 0.495 e. The lowest BCUT2D eigenvalue weighted by molar-refractivity contribution is -0.274. The first-order valence-corrected chi connectivity index (χ1v) is 11.1. The monoisotopic (exact) mass is 506 g/mol. The maximum atomic E-state index is 12.9. The Balaban J connectivity index is 1.84. The van der Waals surface area contributed by atoms with Crippen LogP contribution in [0.2, 0.25) is 0 Å². The molecule has 0 fully saturated rings. The van der Waals surface area contributed by atoms with Gasteiger partial charge in [0.2, 0.25) is 0 Å². The van der Waals surface area contributed by atoms with Gasteiger partial charge < -0.3 is 14.2 Å². The van der Waals surface area contributed by atoms with E-state index in [2.05, 4.69) is 31.0 Å². The molecule has 1 N–H and O–H groups in total. The van der Waals surface area contributed by atoms with Gasteiger partial charge in [0.05, 0.1) is 25.5 Å². The molecule has 12 heteroatoms. The molecule has 3 rings (SSSR count). The highest BCUT2D eigenvalue weighted by atomic mass is 32.2. The van der Waals surface area contributed by atoms with Crippen molar-refractivity contribution < 1.29 is 40.6 Å². The molecule has 1 heterocycles. The van der Waals surface area contributed by atoms with E-state index in [4.69, 9.17) is 4.74 Å². The third-order valence-electron chi connectivity index (χ3n) is 4.27. The van der Waals surface area contributed by atoms with Gasteiger partial charge in [-0.15, -0.1) is 13.2 Å². The second-order valence-corrected chi connectivity index (χ2v) is 8.33. The molecule has 0 radical (unpaired) electrons. The highest BCUT2D eigenvalue weighted by molar-refractivity contribution is 7.92. The highest BCUT2D eigenvalue weighted by Gasteiger charge is 2.31. The number of anilines is 1. The number of methoxy groups -OCH3 is 2. The van der Waals surface area contributed by atoms with E-state index in [1.165, 1.54) is 62.8 Å². The number of halogens is 3. The van der Waals surface area contributed by atoms with Crippen LogP contribution < -0.4 is 14.2 Å². The van der Waals surface area contributed by atoms with Gasteiger partial charge >= 0.3 is 12.3 Å². The van der Waals surface area contributed by atoms with Crippen LogP contribution in [-0.2, 0) is 14.8 Å². The predicted octanol–water partition coefficient (Wildman–Crippen LogP) is 3.98. The summed E-state index contributed by atoms with van der Waals surface area (Å²) < 4.78 is 78.9. The van der Waals surface area contributed by atoms with Crippen molar-refractivity contribution in [3.8, 4) is 23.3 Å². The molecular weight excluding hydrogens is 489 g/mol. The minimum Gasteiger partial charge on any atom is -0.495 e. The van der Waals surface area contributed by atoms with E-state index >= 15 is 0 Å². The average molecular weight is 506 g/mol. The van der Waals surface area contributed by atoms with Crippen LogP contribution in [0.1, 0.15) is 21.6 Å². The minimum atomic E-state index is -4.84. The topological polar surface area (TPSA) is 104 Å². The molecule has 8 nitrogen and oxygen atoms in total. The van der Waals surface area contributed by atoms with Gasteiger partial charge in [0.25, 0.3) is 10.0 Å². The molecule has 3 aromatic rings. The van der Waals surface area contributed by atoms with Crippen LogP contribution in [-0.4, -0.2) is 40.0 Å². The summed E-state index contributed by atoms with van der Waals surface area (Å²) in [6.45, 7) is 0. The van der Waals surface area contributed by atoms with E-state index in [1.807, 2.05) is 0 Å². The van der Waals surface area contributed by atoms with Crippen molar-refractivity contribution in [2.75, 3.05) is 18.9 Å². The van der Waals surface area contributed by atoms with Crippen LogP contribution in [0.5, 0.6) is 11.5 Å². The molecule has 0 aliphatic rings. The second-order valence-electron chi connectivity index (χ2n) is 6.70. The average Bonchev–Trinajstić information content (AvgIpc) is 2.81. The molecule has 0 aliphatic heterocycles. The number of alkyl halides is 3. The van der Waals surface area contributed by atoms with Crippen LogP contribution in [0.3, 0.4) is 0 Å². The number of carbonyl (C=O) groups is 1. The predicted molar refractivity (Wildman–Crippen MR) is 118 cm³/mol. The summed E-state index contributed by atoms with van der Waals surface area (Å²) in [5, 5.41) is -0.363. The largest absolute Gasteiger partial charge is 0.573 e. The van der Waals surface area contributed by atoms with Crippen molar-refractivity contribution in [2.24, 2.45) is 0 Å². The zero-order chi connectivity index (χ0) is 25.6. The van der Waals surface area contributed by atoms with E-state index in [1.54, 1.807) is 0 Å². The molecule has 0 bridgehead atoms. The molecule has 0 saturated heterocycles. The molecule has 0 unspecified atom stereocenters. The summed E-state index contributed by atoms with van der Waals surface area (Å²) in [6, 6.07) is 13.1. The van der Waals surface area contributed by atoms with Crippen molar-refractivity contribution in [1.82, 2.24) is 4.98 Å². The molecule has 2 aromatic carbocycles. The molecule has 0 saturated carbocycles. The summed E-state index contributed by atoms with van der Waals surface area (Å²) in [4.78, 5) is 15.7. The van der Waals surface area contributed by atoms with Crippen LogP contribution in [0.15, 0.2) is 65.7 Å². The lowest BCUT2D eigenvalue weighted by atomic mass is 10.2.